The molecule has 1 saturated heterocycles. The summed E-state index contributed by atoms with van der Waals surface area (Å²) in [6, 6.07) is -2.55. The molecule has 1 heterocycles. The van der Waals surface area contributed by atoms with E-state index in [0.717, 1.165) is 0 Å². The molecule has 112 valence electrons. The zero-order valence-corrected chi connectivity index (χ0v) is 11.2. The van der Waals surface area contributed by atoms with Gasteiger partial charge in [-0.2, -0.15) is 0 Å². The summed E-state index contributed by atoms with van der Waals surface area (Å²) in [4.78, 5) is 47.9. The number of piperazine rings is 1. The van der Waals surface area contributed by atoms with Gasteiger partial charge < -0.3 is 20.4 Å². The van der Waals surface area contributed by atoms with Gasteiger partial charge in [-0.1, -0.05) is 0 Å². The van der Waals surface area contributed by atoms with E-state index in [1.807, 2.05) is 5.32 Å². The number of carboxylic acids is 1. The zero-order chi connectivity index (χ0) is 15.4. The Balaban J connectivity index is 2.76. The second kappa shape index (κ2) is 6.33. The van der Waals surface area contributed by atoms with Crippen LogP contribution >= 0.6 is 0 Å². The number of carbonyl (C=O) groups excluding carboxylic acids is 3. The summed E-state index contributed by atoms with van der Waals surface area (Å²) >= 11 is 0. The number of urea groups is 1. The molecule has 1 aliphatic heterocycles. The van der Waals surface area contributed by atoms with Crippen LogP contribution in [0.3, 0.4) is 0 Å². The second-order valence-electron chi connectivity index (χ2n) is 4.35. The Bertz CT molecular complexity index is 436. The average molecular weight is 287 g/mol. The van der Waals surface area contributed by atoms with Crippen LogP contribution in [0, 0.1) is 0 Å². The van der Waals surface area contributed by atoms with E-state index in [-0.39, 0.29) is 13.1 Å². The van der Waals surface area contributed by atoms with Gasteiger partial charge in [-0.25, -0.2) is 9.59 Å². The number of hydrogen-bond donors (Lipinski definition) is 3. The standard InChI is InChI=1S/C11H17N3O6/c1-3-13-4-5-14(9(17)8(13)16)11(20)12-7(6(2)15)10(18)19/h6-7,15H,3-5H2,1-2H3,(H,12,20)(H,18,19)/t6-,7?/m0/s1. The summed E-state index contributed by atoms with van der Waals surface area (Å²) in [5, 5.41) is 20.1. The van der Waals surface area contributed by atoms with E-state index in [2.05, 4.69) is 0 Å². The highest BCUT2D eigenvalue weighted by Gasteiger charge is 2.37. The molecule has 20 heavy (non-hydrogen) atoms. The first-order valence-electron chi connectivity index (χ1n) is 6.11. The normalized spacial score (nSPS) is 18.8. The van der Waals surface area contributed by atoms with E-state index < -0.39 is 36.0 Å². The Morgan fingerprint density at radius 2 is 1.90 bits per heavy atom. The first-order chi connectivity index (χ1) is 9.29. The quantitative estimate of drug-likeness (QED) is 0.525. The van der Waals surface area contributed by atoms with Crippen molar-refractivity contribution in [1.82, 2.24) is 15.1 Å². The second-order valence-corrected chi connectivity index (χ2v) is 4.35. The summed E-state index contributed by atoms with van der Waals surface area (Å²) in [5.41, 5.74) is 0. The molecule has 0 bridgehead atoms. The van der Waals surface area contributed by atoms with Crippen molar-refractivity contribution < 1.29 is 29.4 Å². The largest absolute Gasteiger partial charge is 0.480 e. The van der Waals surface area contributed by atoms with Crippen molar-refractivity contribution in [2.24, 2.45) is 0 Å². The lowest BCUT2D eigenvalue weighted by Crippen LogP contribution is -2.60. The minimum Gasteiger partial charge on any atom is -0.480 e. The molecular formula is C11H17N3O6. The summed E-state index contributed by atoms with van der Waals surface area (Å²) < 4.78 is 0. The highest BCUT2D eigenvalue weighted by Crippen LogP contribution is 2.06. The molecule has 9 nitrogen and oxygen atoms in total. The number of amides is 4. The molecule has 1 rings (SSSR count). The van der Waals surface area contributed by atoms with E-state index in [0.29, 0.717) is 11.4 Å². The van der Waals surface area contributed by atoms with Gasteiger partial charge in [-0.15, -0.1) is 0 Å². The summed E-state index contributed by atoms with van der Waals surface area (Å²) in [7, 11) is 0. The number of carbonyl (C=O) groups is 4. The van der Waals surface area contributed by atoms with Crippen molar-refractivity contribution in [2.45, 2.75) is 26.0 Å². The SMILES string of the molecule is CCN1CCN(C(=O)NC(C(=O)O)[C@H](C)O)C(=O)C1=O. The number of likely N-dealkylation sites (N-methyl/N-ethyl adjacent to an activating group) is 1. The molecule has 1 unspecified atom stereocenters. The molecule has 0 aromatic rings. The van der Waals surface area contributed by atoms with Crippen molar-refractivity contribution in [2.75, 3.05) is 19.6 Å². The molecule has 0 saturated carbocycles. The molecule has 0 radical (unpaired) electrons. The Morgan fingerprint density at radius 1 is 1.30 bits per heavy atom. The van der Waals surface area contributed by atoms with E-state index in [1.165, 1.54) is 11.8 Å². The van der Waals surface area contributed by atoms with E-state index in [4.69, 9.17) is 5.11 Å². The van der Waals surface area contributed by atoms with E-state index >= 15 is 0 Å². The molecule has 1 fully saturated rings. The van der Waals surface area contributed by atoms with Gasteiger partial charge in [-0.05, 0) is 13.8 Å². The van der Waals surface area contributed by atoms with Crippen LogP contribution in [-0.2, 0) is 14.4 Å². The predicted molar refractivity (Wildman–Crippen MR) is 65.6 cm³/mol. The van der Waals surface area contributed by atoms with Gasteiger partial charge in [0.05, 0.1) is 6.10 Å². The number of aliphatic carboxylic acids is 1. The molecule has 0 aliphatic carbocycles. The van der Waals surface area contributed by atoms with Crippen molar-refractivity contribution >= 4 is 23.8 Å². The molecule has 4 amide bonds. The van der Waals surface area contributed by atoms with Crippen molar-refractivity contribution in [3.8, 4) is 0 Å². The fourth-order valence-corrected chi connectivity index (χ4v) is 1.77. The van der Waals surface area contributed by atoms with Crippen LogP contribution in [0.2, 0.25) is 0 Å². The zero-order valence-electron chi connectivity index (χ0n) is 11.2. The topological polar surface area (TPSA) is 127 Å². The number of nitrogens with zero attached hydrogens (tertiary/aromatic N) is 2. The van der Waals surface area contributed by atoms with Crippen LogP contribution in [0.4, 0.5) is 4.79 Å². The minimum absolute atomic E-state index is 0.0175. The molecule has 0 aromatic carbocycles. The van der Waals surface area contributed by atoms with Crippen molar-refractivity contribution in [3.63, 3.8) is 0 Å². The number of nitrogens with one attached hydrogen (secondary N) is 1. The first-order valence-corrected chi connectivity index (χ1v) is 6.11. The van der Waals surface area contributed by atoms with Gasteiger partial charge in [0, 0.05) is 19.6 Å². The van der Waals surface area contributed by atoms with Crippen molar-refractivity contribution in [1.29, 1.82) is 0 Å². The smallest absolute Gasteiger partial charge is 0.328 e. The lowest BCUT2D eigenvalue weighted by atomic mass is 10.2. The fraction of sp³-hybridized carbons (Fsp3) is 0.636. The minimum atomic E-state index is -1.55. The lowest BCUT2D eigenvalue weighted by molar-refractivity contribution is -0.153. The number of carboxylic acid groups (broad SMARTS) is 1. The lowest BCUT2D eigenvalue weighted by Gasteiger charge is -2.32. The molecule has 9 heteroatoms. The van der Waals surface area contributed by atoms with Crippen LogP contribution in [0.1, 0.15) is 13.8 Å². The fourth-order valence-electron chi connectivity index (χ4n) is 1.77. The first kappa shape index (κ1) is 15.9. The van der Waals surface area contributed by atoms with Gasteiger partial charge in [-0.3, -0.25) is 14.5 Å². The van der Waals surface area contributed by atoms with Gasteiger partial charge >= 0.3 is 23.8 Å². The Labute approximate surface area is 115 Å². The Kier molecular flexibility index (Phi) is 5.03. The van der Waals surface area contributed by atoms with E-state index in [1.54, 1.807) is 6.92 Å². The van der Waals surface area contributed by atoms with Gasteiger partial charge in [0.15, 0.2) is 6.04 Å². The van der Waals surface area contributed by atoms with Crippen LogP contribution in [-0.4, -0.2) is 75.6 Å². The Hall–Kier alpha value is -2.16. The molecule has 0 spiro atoms. The van der Waals surface area contributed by atoms with Crippen LogP contribution in [0.5, 0.6) is 0 Å². The molecule has 2 atom stereocenters. The number of aliphatic hydroxyl groups is 1. The van der Waals surface area contributed by atoms with Gasteiger partial charge in [0.2, 0.25) is 0 Å². The summed E-state index contributed by atoms with van der Waals surface area (Å²) in [6.45, 7) is 3.43. The maximum absolute atomic E-state index is 11.8. The molecule has 3 N–H and O–H groups in total. The number of aliphatic hydroxyl groups excluding tert-OH is 1. The van der Waals surface area contributed by atoms with Crippen molar-refractivity contribution in [3.05, 3.63) is 0 Å². The Morgan fingerprint density at radius 3 is 2.35 bits per heavy atom. The number of rotatable bonds is 4. The third-order valence-electron chi connectivity index (χ3n) is 2.96. The summed E-state index contributed by atoms with van der Waals surface area (Å²) in [6.07, 6.45) is -1.33. The molecule has 0 aromatic heterocycles. The summed E-state index contributed by atoms with van der Waals surface area (Å²) in [5.74, 6) is -3.25. The number of hydrogen-bond acceptors (Lipinski definition) is 5. The van der Waals surface area contributed by atoms with Gasteiger partial charge in [0.25, 0.3) is 0 Å². The maximum atomic E-state index is 11.8. The van der Waals surface area contributed by atoms with Gasteiger partial charge in [0.1, 0.15) is 0 Å². The van der Waals surface area contributed by atoms with E-state index in [9.17, 15) is 24.3 Å². The third-order valence-corrected chi connectivity index (χ3v) is 2.96. The highest BCUT2D eigenvalue weighted by molar-refractivity contribution is 6.38. The van der Waals surface area contributed by atoms with Crippen LogP contribution in [0.25, 0.3) is 0 Å². The number of imide groups is 1. The predicted octanol–water partition coefficient (Wildman–Crippen LogP) is -1.78. The molecule has 1 aliphatic rings. The average Bonchev–Trinajstić information content (AvgIpc) is 2.38. The van der Waals surface area contributed by atoms with Crippen LogP contribution in [0.15, 0.2) is 0 Å². The van der Waals surface area contributed by atoms with Crippen LogP contribution < -0.4 is 5.32 Å². The monoisotopic (exact) mass is 287 g/mol. The maximum Gasteiger partial charge on any atom is 0.328 e. The highest BCUT2D eigenvalue weighted by atomic mass is 16.4. The molecular weight excluding hydrogens is 270 g/mol. The third kappa shape index (κ3) is 3.23.